The Labute approximate surface area is 168 Å². The first-order valence-corrected chi connectivity index (χ1v) is 9.60. The summed E-state index contributed by atoms with van der Waals surface area (Å²) in [6, 6.07) is 9.08. The summed E-state index contributed by atoms with van der Waals surface area (Å²) in [5.74, 6) is -0.657. The molecule has 1 aromatic carbocycles. The highest BCUT2D eigenvalue weighted by molar-refractivity contribution is 6.35. The fraction of sp³-hybridized carbons (Fsp3) is 0.286. The molecule has 0 unspecified atom stereocenters. The Morgan fingerprint density at radius 2 is 1.79 bits per heavy atom. The molecule has 2 aromatic rings. The second-order valence-electron chi connectivity index (χ2n) is 6.90. The van der Waals surface area contributed by atoms with Crippen LogP contribution >= 0.6 is 0 Å². The molecule has 152 valence electrons. The number of unbranched alkanes of at least 4 members (excludes halogenated alkanes) is 3. The summed E-state index contributed by atoms with van der Waals surface area (Å²) in [5, 5.41) is 14.1. The molecule has 3 rings (SSSR count). The van der Waals surface area contributed by atoms with E-state index in [9.17, 15) is 14.4 Å². The molecular weight excluding hydrogens is 372 g/mol. The minimum atomic E-state index is -0.392. The van der Waals surface area contributed by atoms with Gasteiger partial charge in [-0.1, -0.05) is 12.8 Å². The van der Waals surface area contributed by atoms with Crippen LogP contribution in [0, 0.1) is 0 Å². The van der Waals surface area contributed by atoms with Crippen LogP contribution in [-0.2, 0) is 14.4 Å². The van der Waals surface area contributed by atoms with Crippen LogP contribution in [0.25, 0.3) is 11.6 Å². The van der Waals surface area contributed by atoms with Gasteiger partial charge < -0.3 is 15.6 Å². The first kappa shape index (κ1) is 20.3. The number of aromatic nitrogens is 1. The van der Waals surface area contributed by atoms with Crippen molar-refractivity contribution in [3.8, 4) is 0 Å². The maximum absolute atomic E-state index is 12.3. The number of H-pyrrole nitrogens is 1. The Bertz CT molecular complexity index is 919. The fourth-order valence-electron chi connectivity index (χ4n) is 3.20. The third-order valence-corrected chi connectivity index (χ3v) is 4.69. The highest BCUT2D eigenvalue weighted by Gasteiger charge is 2.24. The van der Waals surface area contributed by atoms with Gasteiger partial charge in [0.25, 0.3) is 5.91 Å². The molecule has 0 aliphatic carbocycles. The summed E-state index contributed by atoms with van der Waals surface area (Å²) in [4.78, 5) is 38.4. The quantitative estimate of drug-likeness (QED) is 0.193. The number of fused-ring (bicyclic) bond motifs is 1. The monoisotopic (exact) mass is 396 g/mol. The smallest absolute Gasteiger partial charge is 0.256 e. The number of benzene rings is 1. The Kier molecular flexibility index (Phi) is 6.80. The largest absolute Gasteiger partial charge is 0.362 e. The molecule has 0 fully saturated rings. The number of rotatable bonds is 9. The van der Waals surface area contributed by atoms with E-state index >= 15 is 0 Å². The molecule has 8 heteroatoms. The SMILES string of the molecule is O=C(CCCCCCC(=O)Nc1ccc2c(c1)C(=Cc1ccc[nH]1)C(=O)N2)NO. The van der Waals surface area contributed by atoms with Gasteiger partial charge in [-0.15, -0.1) is 0 Å². The van der Waals surface area contributed by atoms with Crippen LogP contribution in [0.3, 0.4) is 0 Å². The van der Waals surface area contributed by atoms with Crippen LogP contribution in [0.5, 0.6) is 0 Å². The first-order chi connectivity index (χ1) is 14.1. The van der Waals surface area contributed by atoms with Crippen LogP contribution in [0.2, 0.25) is 0 Å². The van der Waals surface area contributed by atoms with Gasteiger partial charge in [0.2, 0.25) is 11.8 Å². The summed E-state index contributed by atoms with van der Waals surface area (Å²) in [6.07, 6.45) is 7.28. The summed E-state index contributed by atoms with van der Waals surface area (Å²) in [6.45, 7) is 0. The van der Waals surface area contributed by atoms with Crippen LogP contribution in [0.15, 0.2) is 36.5 Å². The van der Waals surface area contributed by atoms with E-state index in [-0.39, 0.29) is 18.2 Å². The van der Waals surface area contributed by atoms with E-state index in [2.05, 4.69) is 15.6 Å². The van der Waals surface area contributed by atoms with Gasteiger partial charge in [-0.3, -0.25) is 19.6 Å². The van der Waals surface area contributed by atoms with Gasteiger partial charge in [0.1, 0.15) is 0 Å². The Hall–Kier alpha value is -3.39. The predicted molar refractivity (Wildman–Crippen MR) is 110 cm³/mol. The normalized spacial score (nSPS) is 13.8. The van der Waals surface area contributed by atoms with Crippen LogP contribution < -0.4 is 16.1 Å². The van der Waals surface area contributed by atoms with Crippen molar-refractivity contribution in [1.82, 2.24) is 10.5 Å². The van der Waals surface area contributed by atoms with E-state index in [1.165, 1.54) is 0 Å². The fourth-order valence-corrected chi connectivity index (χ4v) is 3.20. The first-order valence-electron chi connectivity index (χ1n) is 9.60. The van der Waals surface area contributed by atoms with Gasteiger partial charge in [0.15, 0.2) is 0 Å². The number of anilines is 2. The van der Waals surface area contributed by atoms with Crippen molar-refractivity contribution in [1.29, 1.82) is 0 Å². The van der Waals surface area contributed by atoms with Gasteiger partial charge in [-0.05, 0) is 49.2 Å². The number of amides is 3. The topological polar surface area (TPSA) is 123 Å². The van der Waals surface area contributed by atoms with Crippen LogP contribution in [0.1, 0.15) is 49.8 Å². The number of hydrogen-bond acceptors (Lipinski definition) is 4. The maximum atomic E-state index is 12.3. The average molecular weight is 396 g/mol. The number of carbonyl (C=O) groups excluding carboxylic acids is 3. The molecule has 0 saturated heterocycles. The van der Waals surface area contributed by atoms with E-state index in [4.69, 9.17) is 5.21 Å². The lowest BCUT2D eigenvalue weighted by Crippen LogP contribution is -2.17. The second-order valence-corrected chi connectivity index (χ2v) is 6.90. The zero-order chi connectivity index (χ0) is 20.6. The summed E-state index contributed by atoms with van der Waals surface area (Å²) >= 11 is 0. The molecule has 5 N–H and O–H groups in total. The summed E-state index contributed by atoms with van der Waals surface area (Å²) in [7, 11) is 0. The van der Waals surface area contributed by atoms with Gasteiger partial charge in [0, 0.05) is 41.7 Å². The van der Waals surface area contributed by atoms with Gasteiger partial charge >= 0.3 is 0 Å². The lowest BCUT2D eigenvalue weighted by molar-refractivity contribution is -0.129. The van der Waals surface area contributed by atoms with Gasteiger partial charge in [-0.25, -0.2) is 5.48 Å². The van der Waals surface area contributed by atoms with E-state index < -0.39 is 5.91 Å². The standard InChI is InChI=1S/C21H24N4O4/c26-19(7-3-1-2-4-8-20(27)25-29)23-15-9-10-18-16(13-15)17(21(28)24-18)12-14-6-5-11-22-14/h5-6,9-13,22,29H,1-4,7-8H2,(H,23,26)(H,24,28)(H,25,27). The predicted octanol–water partition coefficient (Wildman–Crippen LogP) is 3.29. The van der Waals surface area contributed by atoms with Gasteiger partial charge in [-0.2, -0.15) is 0 Å². The van der Waals surface area contributed by atoms with E-state index in [1.54, 1.807) is 36.0 Å². The summed E-state index contributed by atoms with van der Waals surface area (Å²) in [5.41, 5.74) is 5.09. The molecule has 2 heterocycles. The maximum Gasteiger partial charge on any atom is 0.256 e. The minimum Gasteiger partial charge on any atom is -0.362 e. The third kappa shape index (κ3) is 5.55. The molecule has 0 spiro atoms. The molecule has 1 aromatic heterocycles. The van der Waals surface area contributed by atoms with Crippen molar-refractivity contribution in [2.75, 3.05) is 10.6 Å². The lowest BCUT2D eigenvalue weighted by Gasteiger charge is -2.07. The molecule has 8 nitrogen and oxygen atoms in total. The van der Waals surface area contributed by atoms with E-state index in [0.717, 1.165) is 36.2 Å². The Morgan fingerprint density at radius 1 is 1.03 bits per heavy atom. The zero-order valence-corrected chi connectivity index (χ0v) is 16.0. The molecule has 29 heavy (non-hydrogen) atoms. The van der Waals surface area contributed by atoms with Crippen molar-refractivity contribution < 1.29 is 19.6 Å². The Morgan fingerprint density at radius 3 is 2.48 bits per heavy atom. The molecule has 0 atom stereocenters. The Balaban J connectivity index is 1.52. The number of hydrogen-bond donors (Lipinski definition) is 5. The van der Waals surface area contributed by atoms with E-state index in [0.29, 0.717) is 24.1 Å². The van der Waals surface area contributed by atoms with Crippen molar-refractivity contribution in [3.63, 3.8) is 0 Å². The molecular formula is C21H24N4O4. The number of nitrogens with one attached hydrogen (secondary N) is 4. The van der Waals surface area contributed by atoms with Crippen molar-refractivity contribution in [2.24, 2.45) is 0 Å². The zero-order valence-electron chi connectivity index (χ0n) is 16.0. The van der Waals surface area contributed by atoms with Gasteiger partial charge in [0.05, 0.1) is 5.57 Å². The van der Waals surface area contributed by atoms with Crippen LogP contribution in [0.4, 0.5) is 11.4 Å². The number of carbonyl (C=O) groups is 3. The highest BCUT2D eigenvalue weighted by Crippen LogP contribution is 2.35. The summed E-state index contributed by atoms with van der Waals surface area (Å²) < 4.78 is 0. The molecule has 0 radical (unpaired) electrons. The molecule has 1 aliphatic heterocycles. The van der Waals surface area contributed by atoms with E-state index in [1.807, 2.05) is 12.1 Å². The molecule has 1 aliphatic rings. The average Bonchev–Trinajstić information content (AvgIpc) is 3.33. The van der Waals surface area contributed by atoms with Crippen LogP contribution in [-0.4, -0.2) is 27.9 Å². The van der Waals surface area contributed by atoms with Crippen molar-refractivity contribution >= 4 is 40.7 Å². The van der Waals surface area contributed by atoms with Crippen molar-refractivity contribution in [2.45, 2.75) is 38.5 Å². The molecule has 3 amide bonds. The second kappa shape index (κ2) is 9.70. The molecule has 0 bridgehead atoms. The van der Waals surface area contributed by atoms with Crippen molar-refractivity contribution in [3.05, 3.63) is 47.8 Å². The highest BCUT2D eigenvalue weighted by atomic mass is 16.5. The number of hydroxylamine groups is 1. The minimum absolute atomic E-state index is 0.0924. The third-order valence-electron chi connectivity index (χ3n) is 4.69. The molecule has 0 saturated carbocycles. The lowest BCUT2D eigenvalue weighted by atomic mass is 10.0. The number of aromatic amines is 1.